The lowest BCUT2D eigenvalue weighted by Gasteiger charge is -2.27. The molecule has 14 heavy (non-hydrogen) atoms. The second-order valence-corrected chi connectivity index (χ2v) is 4.85. The summed E-state index contributed by atoms with van der Waals surface area (Å²) in [6.45, 7) is 12.8. The van der Waals surface area contributed by atoms with Gasteiger partial charge in [0.15, 0.2) is 0 Å². The van der Waals surface area contributed by atoms with E-state index in [0.717, 1.165) is 6.54 Å². The SMILES string of the molecule is CCNC(=O)CNCC(C)C(C)(C)C. The Kier molecular flexibility index (Phi) is 5.77. The summed E-state index contributed by atoms with van der Waals surface area (Å²) >= 11 is 0. The van der Waals surface area contributed by atoms with E-state index in [9.17, 15) is 4.79 Å². The number of likely N-dealkylation sites (N-methyl/N-ethyl adjacent to an activating group) is 1. The molecule has 0 heterocycles. The van der Waals surface area contributed by atoms with E-state index >= 15 is 0 Å². The van der Waals surface area contributed by atoms with Crippen LogP contribution in [0.25, 0.3) is 0 Å². The van der Waals surface area contributed by atoms with Crippen molar-refractivity contribution in [2.24, 2.45) is 11.3 Å². The van der Waals surface area contributed by atoms with Gasteiger partial charge in [-0.3, -0.25) is 4.79 Å². The molecule has 2 N–H and O–H groups in total. The smallest absolute Gasteiger partial charge is 0.233 e. The Morgan fingerprint density at radius 1 is 1.36 bits per heavy atom. The summed E-state index contributed by atoms with van der Waals surface area (Å²) in [6, 6.07) is 0. The molecule has 0 bridgehead atoms. The first-order chi connectivity index (χ1) is 6.38. The topological polar surface area (TPSA) is 41.1 Å². The maximum Gasteiger partial charge on any atom is 0.233 e. The van der Waals surface area contributed by atoms with E-state index in [-0.39, 0.29) is 5.91 Å². The van der Waals surface area contributed by atoms with E-state index in [1.54, 1.807) is 0 Å². The van der Waals surface area contributed by atoms with Crippen molar-refractivity contribution in [3.05, 3.63) is 0 Å². The Balaban J connectivity index is 3.59. The fourth-order valence-electron chi connectivity index (χ4n) is 0.968. The van der Waals surface area contributed by atoms with Gasteiger partial charge < -0.3 is 10.6 Å². The lowest BCUT2D eigenvalue weighted by molar-refractivity contribution is -0.120. The number of carbonyl (C=O) groups excluding carboxylic acids is 1. The zero-order chi connectivity index (χ0) is 11.2. The fraction of sp³-hybridized carbons (Fsp3) is 0.909. The number of hydrogen-bond donors (Lipinski definition) is 2. The van der Waals surface area contributed by atoms with Gasteiger partial charge in [-0.15, -0.1) is 0 Å². The Morgan fingerprint density at radius 3 is 2.36 bits per heavy atom. The fourth-order valence-corrected chi connectivity index (χ4v) is 0.968. The van der Waals surface area contributed by atoms with Gasteiger partial charge in [-0.1, -0.05) is 27.7 Å². The molecule has 0 saturated heterocycles. The highest BCUT2D eigenvalue weighted by Crippen LogP contribution is 2.24. The average molecular weight is 200 g/mol. The Labute approximate surface area is 87.6 Å². The second kappa shape index (κ2) is 6.02. The normalized spacial score (nSPS) is 13.8. The molecule has 0 aromatic carbocycles. The molecule has 84 valence electrons. The minimum absolute atomic E-state index is 0.0774. The van der Waals surface area contributed by atoms with Crippen molar-refractivity contribution in [1.29, 1.82) is 0 Å². The molecule has 0 aromatic rings. The van der Waals surface area contributed by atoms with E-state index in [1.165, 1.54) is 0 Å². The molecule has 0 aliphatic rings. The molecule has 3 nitrogen and oxygen atoms in total. The first-order valence-corrected chi connectivity index (χ1v) is 5.35. The van der Waals surface area contributed by atoms with Crippen LogP contribution in [0.1, 0.15) is 34.6 Å². The lowest BCUT2D eigenvalue weighted by atomic mass is 9.82. The zero-order valence-corrected chi connectivity index (χ0v) is 10.1. The van der Waals surface area contributed by atoms with Crippen molar-refractivity contribution in [2.75, 3.05) is 19.6 Å². The van der Waals surface area contributed by atoms with Gasteiger partial charge in [-0.25, -0.2) is 0 Å². The van der Waals surface area contributed by atoms with Crippen molar-refractivity contribution < 1.29 is 4.79 Å². The summed E-state index contributed by atoms with van der Waals surface area (Å²) in [4.78, 5) is 11.1. The third kappa shape index (κ3) is 5.97. The van der Waals surface area contributed by atoms with Crippen LogP contribution >= 0.6 is 0 Å². The van der Waals surface area contributed by atoms with E-state index in [2.05, 4.69) is 38.3 Å². The highest BCUT2D eigenvalue weighted by atomic mass is 16.1. The summed E-state index contributed by atoms with van der Waals surface area (Å²) in [7, 11) is 0. The van der Waals surface area contributed by atoms with Crippen LogP contribution in [0.3, 0.4) is 0 Å². The van der Waals surface area contributed by atoms with Crippen molar-refractivity contribution in [2.45, 2.75) is 34.6 Å². The zero-order valence-electron chi connectivity index (χ0n) is 10.1. The van der Waals surface area contributed by atoms with E-state index < -0.39 is 0 Å². The first kappa shape index (κ1) is 13.4. The molecule has 1 unspecified atom stereocenters. The number of carbonyl (C=O) groups is 1. The van der Waals surface area contributed by atoms with Crippen LogP contribution in [0.4, 0.5) is 0 Å². The molecule has 0 saturated carbocycles. The minimum atomic E-state index is 0.0774. The van der Waals surface area contributed by atoms with Crippen molar-refractivity contribution in [1.82, 2.24) is 10.6 Å². The van der Waals surface area contributed by atoms with Crippen LogP contribution < -0.4 is 10.6 Å². The highest BCUT2D eigenvalue weighted by Gasteiger charge is 2.19. The minimum Gasteiger partial charge on any atom is -0.355 e. The molecule has 1 amide bonds. The van der Waals surface area contributed by atoms with Crippen molar-refractivity contribution >= 4 is 5.91 Å². The van der Waals surface area contributed by atoms with E-state index in [4.69, 9.17) is 0 Å². The van der Waals surface area contributed by atoms with Crippen LogP contribution in [-0.2, 0) is 4.79 Å². The maximum absolute atomic E-state index is 11.1. The Morgan fingerprint density at radius 2 is 1.93 bits per heavy atom. The largest absolute Gasteiger partial charge is 0.355 e. The van der Waals surface area contributed by atoms with Gasteiger partial charge in [0.05, 0.1) is 6.54 Å². The summed E-state index contributed by atoms with van der Waals surface area (Å²) in [5.74, 6) is 0.644. The quantitative estimate of drug-likeness (QED) is 0.704. The highest BCUT2D eigenvalue weighted by molar-refractivity contribution is 5.77. The predicted molar refractivity (Wildman–Crippen MR) is 60.2 cm³/mol. The second-order valence-electron chi connectivity index (χ2n) is 4.85. The third-order valence-corrected chi connectivity index (χ3v) is 2.59. The number of nitrogens with one attached hydrogen (secondary N) is 2. The van der Waals surface area contributed by atoms with Gasteiger partial charge in [-0.2, -0.15) is 0 Å². The predicted octanol–water partition coefficient (Wildman–Crippen LogP) is 1.39. The Hall–Kier alpha value is -0.570. The van der Waals surface area contributed by atoms with Crippen LogP contribution in [0.15, 0.2) is 0 Å². The molecular weight excluding hydrogens is 176 g/mol. The van der Waals surface area contributed by atoms with E-state index in [1.807, 2.05) is 6.92 Å². The Bertz CT molecular complexity index is 173. The molecular formula is C11H24N2O. The van der Waals surface area contributed by atoms with Gasteiger partial charge in [0.1, 0.15) is 0 Å². The average Bonchev–Trinajstić information content (AvgIpc) is 2.02. The van der Waals surface area contributed by atoms with Gasteiger partial charge in [0.2, 0.25) is 5.91 Å². The summed E-state index contributed by atoms with van der Waals surface area (Å²) < 4.78 is 0. The molecule has 0 fully saturated rings. The number of hydrogen-bond acceptors (Lipinski definition) is 2. The molecule has 1 atom stereocenters. The molecule has 3 heteroatoms. The standard InChI is InChI=1S/C11H24N2O/c1-6-13-10(14)8-12-7-9(2)11(3,4)5/h9,12H,6-8H2,1-5H3,(H,13,14). The van der Waals surface area contributed by atoms with Crippen molar-refractivity contribution in [3.63, 3.8) is 0 Å². The summed E-state index contributed by atoms with van der Waals surface area (Å²) in [6.07, 6.45) is 0. The summed E-state index contributed by atoms with van der Waals surface area (Å²) in [5.41, 5.74) is 0.300. The summed E-state index contributed by atoms with van der Waals surface area (Å²) in [5, 5.41) is 5.92. The van der Waals surface area contributed by atoms with Crippen LogP contribution in [-0.4, -0.2) is 25.5 Å². The third-order valence-electron chi connectivity index (χ3n) is 2.59. The molecule has 0 rings (SSSR count). The van der Waals surface area contributed by atoms with Gasteiger partial charge in [-0.05, 0) is 24.8 Å². The molecule has 0 aromatic heterocycles. The van der Waals surface area contributed by atoms with Gasteiger partial charge in [0.25, 0.3) is 0 Å². The van der Waals surface area contributed by atoms with Gasteiger partial charge >= 0.3 is 0 Å². The molecule has 0 aliphatic heterocycles. The van der Waals surface area contributed by atoms with Crippen LogP contribution in [0.2, 0.25) is 0 Å². The van der Waals surface area contributed by atoms with Gasteiger partial charge in [0, 0.05) is 6.54 Å². The number of amides is 1. The van der Waals surface area contributed by atoms with E-state index in [0.29, 0.717) is 24.4 Å². The first-order valence-electron chi connectivity index (χ1n) is 5.35. The molecule has 0 radical (unpaired) electrons. The maximum atomic E-state index is 11.1. The van der Waals surface area contributed by atoms with Crippen LogP contribution in [0, 0.1) is 11.3 Å². The monoisotopic (exact) mass is 200 g/mol. The number of rotatable bonds is 5. The van der Waals surface area contributed by atoms with Crippen molar-refractivity contribution in [3.8, 4) is 0 Å². The van der Waals surface area contributed by atoms with Crippen LogP contribution in [0.5, 0.6) is 0 Å². The lowest BCUT2D eigenvalue weighted by Crippen LogP contribution is -2.37. The molecule has 0 spiro atoms. The molecule has 0 aliphatic carbocycles.